The van der Waals surface area contributed by atoms with Gasteiger partial charge in [-0.25, -0.2) is 22.5 Å². The second-order valence-electron chi connectivity index (χ2n) is 6.06. The van der Waals surface area contributed by atoms with Crippen LogP contribution in [0.25, 0.3) is 11.3 Å². The number of aryl methyl sites for hydroxylation is 1. The third kappa shape index (κ3) is 3.54. The van der Waals surface area contributed by atoms with E-state index in [4.69, 9.17) is 5.26 Å². The van der Waals surface area contributed by atoms with Crippen molar-refractivity contribution in [3.05, 3.63) is 47.4 Å². The highest BCUT2D eigenvalue weighted by Gasteiger charge is 2.31. The number of halogens is 1. The van der Waals surface area contributed by atoms with E-state index in [-0.39, 0.29) is 16.6 Å². The number of nitrogens with zero attached hydrogens (tertiary/aromatic N) is 2. The molecule has 2 N–H and O–H groups in total. The van der Waals surface area contributed by atoms with E-state index in [0.29, 0.717) is 29.7 Å². The van der Waals surface area contributed by atoms with E-state index in [9.17, 15) is 17.9 Å². The molecule has 1 aliphatic rings. The highest BCUT2D eigenvalue weighted by Crippen LogP contribution is 2.27. The molecule has 2 aromatic rings. The van der Waals surface area contributed by atoms with Crippen LogP contribution in [-0.4, -0.2) is 30.7 Å². The van der Waals surface area contributed by atoms with Crippen molar-refractivity contribution in [3.8, 4) is 17.3 Å². The lowest BCUT2D eigenvalue weighted by molar-refractivity contribution is 0.0712. The zero-order chi connectivity index (χ0) is 18.2. The summed E-state index contributed by atoms with van der Waals surface area (Å²) in [7, 11) is -3.68. The van der Waals surface area contributed by atoms with E-state index in [1.165, 1.54) is 18.2 Å². The summed E-state index contributed by atoms with van der Waals surface area (Å²) in [6, 6.07) is 8.57. The molecule has 0 amide bonds. The number of aliphatic hydroxyl groups excluding tert-OH is 1. The average Bonchev–Trinajstić information content (AvgIpc) is 2.54. The third-order valence-electron chi connectivity index (χ3n) is 4.17. The topological polar surface area (TPSA) is 103 Å². The highest BCUT2D eigenvalue weighted by molar-refractivity contribution is 7.89. The molecule has 1 aliphatic carbocycles. The Morgan fingerprint density at radius 2 is 2.04 bits per heavy atom. The lowest BCUT2D eigenvalue weighted by atomic mass is 9.91. The first-order valence-electron chi connectivity index (χ1n) is 7.68. The van der Waals surface area contributed by atoms with Gasteiger partial charge in [0.2, 0.25) is 10.0 Å². The number of rotatable bonds is 4. The monoisotopic (exact) mass is 361 g/mol. The van der Waals surface area contributed by atoms with Gasteiger partial charge in [-0.1, -0.05) is 6.07 Å². The summed E-state index contributed by atoms with van der Waals surface area (Å²) in [5.74, 6) is -0.699. The summed E-state index contributed by atoms with van der Waals surface area (Å²) >= 11 is 0. The predicted molar refractivity (Wildman–Crippen MR) is 88.4 cm³/mol. The van der Waals surface area contributed by atoms with E-state index in [0.717, 1.165) is 6.07 Å². The maximum absolute atomic E-state index is 13.4. The van der Waals surface area contributed by atoms with Gasteiger partial charge in [-0.15, -0.1) is 0 Å². The molecule has 1 aromatic carbocycles. The van der Waals surface area contributed by atoms with Crippen LogP contribution in [0.3, 0.4) is 0 Å². The van der Waals surface area contributed by atoms with Gasteiger partial charge in [-0.05, 0) is 49.6 Å². The van der Waals surface area contributed by atoms with Crippen LogP contribution in [0.5, 0.6) is 0 Å². The van der Waals surface area contributed by atoms with Crippen LogP contribution < -0.4 is 4.72 Å². The predicted octanol–water partition coefficient (Wildman–Crippen LogP) is 1.87. The number of hydrogen-bond donors (Lipinski definition) is 2. The Bertz CT molecular complexity index is 964. The fourth-order valence-electron chi connectivity index (χ4n) is 2.73. The first-order chi connectivity index (χ1) is 11.8. The Hall–Kier alpha value is -2.34. The van der Waals surface area contributed by atoms with E-state index in [1.54, 1.807) is 19.1 Å². The molecule has 8 heteroatoms. The number of hydrogen-bond acceptors (Lipinski definition) is 5. The van der Waals surface area contributed by atoms with Crippen molar-refractivity contribution < 1.29 is 17.9 Å². The SMILES string of the molecule is Cc1cc(S(=O)(=O)N[C@H]2C[C@H](O)C2)ccc1-c1ccc(F)c(C#N)n1. The summed E-state index contributed by atoms with van der Waals surface area (Å²) in [6.45, 7) is 1.72. The van der Waals surface area contributed by atoms with Crippen molar-refractivity contribution in [2.75, 3.05) is 0 Å². The Morgan fingerprint density at radius 1 is 1.32 bits per heavy atom. The quantitative estimate of drug-likeness (QED) is 0.865. The lowest BCUT2D eigenvalue weighted by Crippen LogP contribution is -2.46. The maximum atomic E-state index is 13.4. The van der Waals surface area contributed by atoms with Gasteiger partial charge >= 0.3 is 0 Å². The van der Waals surface area contributed by atoms with Gasteiger partial charge < -0.3 is 5.11 Å². The molecule has 0 atom stereocenters. The molecule has 1 heterocycles. The van der Waals surface area contributed by atoms with E-state index in [1.807, 2.05) is 0 Å². The van der Waals surface area contributed by atoms with Crippen LogP contribution in [0, 0.1) is 24.1 Å². The lowest BCUT2D eigenvalue weighted by Gasteiger charge is -2.31. The smallest absolute Gasteiger partial charge is 0.240 e. The van der Waals surface area contributed by atoms with E-state index < -0.39 is 21.9 Å². The number of sulfonamides is 1. The summed E-state index contributed by atoms with van der Waals surface area (Å²) in [4.78, 5) is 4.07. The number of aliphatic hydroxyl groups is 1. The molecule has 0 aliphatic heterocycles. The standard InChI is InChI=1S/C17H16FN3O3S/c1-10-6-13(25(23,24)21-11-7-12(22)8-11)2-3-14(10)16-5-4-15(18)17(9-19)20-16/h2-6,11-12,21-22H,7-8H2,1H3/t11-,12-. The number of benzene rings is 1. The molecule has 0 unspecified atom stereocenters. The van der Waals surface area contributed by atoms with Crippen molar-refractivity contribution in [2.45, 2.75) is 36.8 Å². The van der Waals surface area contributed by atoms with Crippen LogP contribution in [-0.2, 0) is 10.0 Å². The zero-order valence-electron chi connectivity index (χ0n) is 13.4. The van der Waals surface area contributed by atoms with Gasteiger partial charge in [-0.2, -0.15) is 5.26 Å². The van der Waals surface area contributed by atoms with Gasteiger partial charge in [0.05, 0.1) is 16.7 Å². The molecule has 0 bridgehead atoms. The van der Waals surface area contributed by atoms with Crippen molar-refractivity contribution in [1.29, 1.82) is 5.26 Å². The molecule has 3 rings (SSSR count). The number of pyridine rings is 1. The summed E-state index contributed by atoms with van der Waals surface area (Å²) < 4.78 is 40.7. The Balaban J connectivity index is 1.90. The second kappa shape index (κ2) is 6.52. The maximum Gasteiger partial charge on any atom is 0.240 e. The van der Waals surface area contributed by atoms with Crippen LogP contribution in [0.1, 0.15) is 24.1 Å². The van der Waals surface area contributed by atoms with E-state index >= 15 is 0 Å². The molecule has 6 nitrogen and oxygen atoms in total. The molecular weight excluding hydrogens is 345 g/mol. The summed E-state index contributed by atoms with van der Waals surface area (Å²) in [6.07, 6.45) is 0.370. The molecule has 1 fully saturated rings. The van der Waals surface area contributed by atoms with Crippen LogP contribution in [0.15, 0.2) is 35.2 Å². The van der Waals surface area contributed by atoms with Gasteiger partial charge in [-0.3, -0.25) is 0 Å². The second-order valence-corrected chi connectivity index (χ2v) is 7.77. The van der Waals surface area contributed by atoms with Gasteiger partial charge in [0, 0.05) is 11.6 Å². The van der Waals surface area contributed by atoms with Gasteiger partial charge in [0.15, 0.2) is 11.5 Å². The fourth-order valence-corrected chi connectivity index (χ4v) is 4.08. The Labute approximate surface area is 145 Å². The summed E-state index contributed by atoms with van der Waals surface area (Å²) in [5, 5.41) is 18.1. The molecule has 0 spiro atoms. The molecular formula is C17H16FN3O3S. The van der Waals surface area contributed by atoms with Crippen LogP contribution in [0.4, 0.5) is 4.39 Å². The molecule has 1 saturated carbocycles. The van der Waals surface area contributed by atoms with Crippen molar-refractivity contribution in [2.24, 2.45) is 0 Å². The zero-order valence-corrected chi connectivity index (χ0v) is 14.2. The molecule has 25 heavy (non-hydrogen) atoms. The van der Waals surface area contributed by atoms with Crippen molar-refractivity contribution in [3.63, 3.8) is 0 Å². The summed E-state index contributed by atoms with van der Waals surface area (Å²) in [5.41, 5.74) is 1.35. The minimum atomic E-state index is -3.68. The normalized spacial score (nSPS) is 19.9. The van der Waals surface area contributed by atoms with Gasteiger partial charge in [0.25, 0.3) is 0 Å². The average molecular weight is 361 g/mol. The molecule has 130 valence electrons. The minimum absolute atomic E-state index is 0.109. The van der Waals surface area contributed by atoms with Crippen molar-refractivity contribution in [1.82, 2.24) is 9.71 Å². The van der Waals surface area contributed by atoms with Gasteiger partial charge in [0.1, 0.15) is 6.07 Å². The van der Waals surface area contributed by atoms with E-state index in [2.05, 4.69) is 9.71 Å². The Kier molecular flexibility index (Phi) is 4.56. The third-order valence-corrected chi connectivity index (χ3v) is 5.69. The largest absolute Gasteiger partial charge is 0.393 e. The molecule has 0 radical (unpaired) electrons. The minimum Gasteiger partial charge on any atom is -0.393 e. The number of nitriles is 1. The highest BCUT2D eigenvalue weighted by atomic mass is 32.2. The number of aromatic nitrogens is 1. The van der Waals surface area contributed by atoms with Crippen molar-refractivity contribution >= 4 is 10.0 Å². The molecule has 1 aromatic heterocycles. The Morgan fingerprint density at radius 3 is 2.64 bits per heavy atom. The molecule has 0 saturated heterocycles. The van der Waals surface area contributed by atoms with Crippen LogP contribution >= 0.6 is 0 Å². The number of nitrogens with one attached hydrogen (secondary N) is 1. The fraction of sp³-hybridized carbons (Fsp3) is 0.294. The first-order valence-corrected chi connectivity index (χ1v) is 9.16. The first kappa shape index (κ1) is 17.5. The van der Waals surface area contributed by atoms with Crippen LogP contribution in [0.2, 0.25) is 0 Å².